The maximum absolute atomic E-state index is 13.0. The van der Waals surface area contributed by atoms with Crippen LogP contribution in [0.4, 0.5) is 8.78 Å². The lowest BCUT2D eigenvalue weighted by Crippen LogP contribution is -2.17. The lowest BCUT2D eigenvalue weighted by Gasteiger charge is -2.21. The second kappa shape index (κ2) is 3.26. The van der Waals surface area contributed by atoms with E-state index >= 15 is 0 Å². The number of carbonyl (C=O) groups is 1. The van der Waals surface area contributed by atoms with Gasteiger partial charge in [-0.2, -0.15) is 0 Å². The molecule has 0 saturated carbocycles. The minimum absolute atomic E-state index is 0.0160. The molecular formula is C12H10F2O. The van der Waals surface area contributed by atoms with Crippen molar-refractivity contribution in [2.75, 3.05) is 0 Å². The van der Waals surface area contributed by atoms with Crippen LogP contribution in [0.5, 0.6) is 0 Å². The molecule has 2 rings (SSSR count). The predicted octanol–water partition coefficient (Wildman–Crippen LogP) is 2.75. The fourth-order valence-corrected chi connectivity index (χ4v) is 1.81. The average molecular weight is 208 g/mol. The molecule has 0 N–H and O–H groups in total. The standard InChI is InChI=1S/C12H10F2O/c1-12(5-4-9(15)7-12)8-2-3-10(13)11(14)6-8/h2-6H,7H2,1H3/t12-/m0/s1. The SMILES string of the molecule is C[C@]1(c2ccc(F)c(F)c2)C=CC(=O)C1. The fraction of sp³-hybridized carbons (Fsp3) is 0.250. The van der Waals surface area contributed by atoms with E-state index in [1.807, 2.05) is 6.92 Å². The molecule has 1 atom stereocenters. The minimum atomic E-state index is -0.874. The van der Waals surface area contributed by atoms with E-state index in [4.69, 9.17) is 0 Å². The van der Waals surface area contributed by atoms with Crippen LogP contribution >= 0.6 is 0 Å². The van der Waals surface area contributed by atoms with Crippen molar-refractivity contribution >= 4 is 5.78 Å². The van der Waals surface area contributed by atoms with Crippen molar-refractivity contribution in [3.63, 3.8) is 0 Å². The summed E-state index contributed by atoms with van der Waals surface area (Å²) < 4.78 is 25.7. The fourth-order valence-electron chi connectivity index (χ4n) is 1.81. The molecular weight excluding hydrogens is 198 g/mol. The number of rotatable bonds is 1. The maximum Gasteiger partial charge on any atom is 0.159 e. The molecule has 1 aromatic carbocycles. The molecule has 0 spiro atoms. The molecule has 0 radical (unpaired) electrons. The van der Waals surface area contributed by atoms with E-state index in [2.05, 4.69) is 0 Å². The number of hydrogen-bond donors (Lipinski definition) is 0. The van der Waals surface area contributed by atoms with Crippen LogP contribution in [0.3, 0.4) is 0 Å². The van der Waals surface area contributed by atoms with Gasteiger partial charge in [-0.3, -0.25) is 4.79 Å². The van der Waals surface area contributed by atoms with E-state index in [0.29, 0.717) is 12.0 Å². The Kier molecular flexibility index (Phi) is 2.18. The first kappa shape index (κ1) is 10.0. The Labute approximate surface area is 86.4 Å². The molecule has 15 heavy (non-hydrogen) atoms. The Morgan fingerprint density at radius 1 is 1.27 bits per heavy atom. The second-order valence-corrected chi connectivity index (χ2v) is 4.02. The minimum Gasteiger partial charge on any atom is -0.295 e. The topological polar surface area (TPSA) is 17.1 Å². The van der Waals surface area contributed by atoms with Gasteiger partial charge in [0.2, 0.25) is 0 Å². The smallest absolute Gasteiger partial charge is 0.159 e. The van der Waals surface area contributed by atoms with E-state index < -0.39 is 17.0 Å². The van der Waals surface area contributed by atoms with Crippen LogP contribution in [0.15, 0.2) is 30.4 Å². The van der Waals surface area contributed by atoms with Gasteiger partial charge in [-0.25, -0.2) is 8.78 Å². The quantitative estimate of drug-likeness (QED) is 0.693. The first-order valence-corrected chi connectivity index (χ1v) is 4.69. The van der Waals surface area contributed by atoms with Gasteiger partial charge < -0.3 is 0 Å². The summed E-state index contributed by atoms with van der Waals surface area (Å²) in [7, 11) is 0. The third kappa shape index (κ3) is 1.69. The lowest BCUT2D eigenvalue weighted by atomic mass is 9.82. The second-order valence-electron chi connectivity index (χ2n) is 4.02. The molecule has 0 aromatic heterocycles. The molecule has 0 unspecified atom stereocenters. The van der Waals surface area contributed by atoms with E-state index in [0.717, 1.165) is 12.1 Å². The molecule has 0 fully saturated rings. The zero-order valence-corrected chi connectivity index (χ0v) is 8.26. The third-order valence-electron chi connectivity index (χ3n) is 2.76. The van der Waals surface area contributed by atoms with Gasteiger partial charge in [0.25, 0.3) is 0 Å². The summed E-state index contributed by atoms with van der Waals surface area (Å²) in [5, 5.41) is 0. The molecule has 3 heteroatoms. The average Bonchev–Trinajstić information content (AvgIpc) is 2.52. The van der Waals surface area contributed by atoms with Crippen molar-refractivity contribution in [3.8, 4) is 0 Å². The van der Waals surface area contributed by atoms with Crippen molar-refractivity contribution in [1.82, 2.24) is 0 Å². The van der Waals surface area contributed by atoms with Crippen molar-refractivity contribution in [2.24, 2.45) is 0 Å². The van der Waals surface area contributed by atoms with Gasteiger partial charge in [0, 0.05) is 11.8 Å². The summed E-state index contributed by atoms with van der Waals surface area (Å²) >= 11 is 0. The molecule has 1 aromatic rings. The van der Waals surface area contributed by atoms with E-state index in [1.54, 1.807) is 6.08 Å². The normalized spacial score (nSPS) is 24.9. The van der Waals surface area contributed by atoms with Crippen LogP contribution in [-0.4, -0.2) is 5.78 Å². The monoisotopic (exact) mass is 208 g/mol. The third-order valence-corrected chi connectivity index (χ3v) is 2.76. The van der Waals surface area contributed by atoms with Crippen LogP contribution < -0.4 is 0 Å². The van der Waals surface area contributed by atoms with Gasteiger partial charge >= 0.3 is 0 Å². The number of halogens is 2. The van der Waals surface area contributed by atoms with Gasteiger partial charge in [0.15, 0.2) is 17.4 Å². The Balaban J connectivity index is 2.42. The van der Waals surface area contributed by atoms with E-state index in [1.165, 1.54) is 12.1 Å². The molecule has 0 aliphatic heterocycles. The summed E-state index contributed by atoms with van der Waals surface area (Å²) in [6, 6.07) is 3.76. The highest BCUT2D eigenvalue weighted by atomic mass is 19.2. The number of carbonyl (C=O) groups excluding carboxylic acids is 1. The highest BCUT2D eigenvalue weighted by molar-refractivity contribution is 5.94. The van der Waals surface area contributed by atoms with Crippen LogP contribution in [0.2, 0.25) is 0 Å². The highest BCUT2D eigenvalue weighted by Gasteiger charge is 2.31. The molecule has 0 heterocycles. The van der Waals surface area contributed by atoms with Crippen LogP contribution in [0, 0.1) is 11.6 Å². The summed E-state index contributed by atoms with van der Waals surface area (Å²) in [6.45, 7) is 1.83. The molecule has 0 amide bonds. The van der Waals surface area contributed by atoms with Crippen molar-refractivity contribution in [1.29, 1.82) is 0 Å². The molecule has 1 nitrogen and oxygen atoms in total. The molecule has 0 bridgehead atoms. The molecule has 1 aliphatic rings. The van der Waals surface area contributed by atoms with Gasteiger partial charge in [-0.15, -0.1) is 0 Å². The Morgan fingerprint density at radius 3 is 2.53 bits per heavy atom. The van der Waals surface area contributed by atoms with Gasteiger partial charge in [0.05, 0.1) is 0 Å². The molecule has 1 aliphatic carbocycles. The molecule has 0 saturated heterocycles. The van der Waals surface area contributed by atoms with Gasteiger partial charge in [-0.05, 0) is 23.8 Å². The highest BCUT2D eigenvalue weighted by Crippen LogP contribution is 2.34. The van der Waals surface area contributed by atoms with Gasteiger partial charge in [0.1, 0.15) is 0 Å². The van der Waals surface area contributed by atoms with E-state index in [9.17, 15) is 13.6 Å². The number of allylic oxidation sites excluding steroid dienone is 2. The molecule has 78 valence electrons. The zero-order chi connectivity index (χ0) is 11.1. The van der Waals surface area contributed by atoms with Crippen LogP contribution in [-0.2, 0) is 10.2 Å². The number of benzene rings is 1. The Hall–Kier alpha value is -1.51. The summed E-state index contributed by atoms with van der Waals surface area (Å²) in [4.78, 5) is 11.1. The number of hydrogen-bond acceptors (Lipinski definition) is 1. The Morgan fingerprint density at radius 2 is 2.00 bits per heavy atom. The van der Waals surface area contributed by atoms with Crippen molar-refractivity contribution in [3.05, 3.63) is 47.5 Å². The lowest BCUT2D eigenvalue weighted by molar-refractivity contribution is -0.114. The van der Waals surface area contributed by atoms with E-state index in [-0.39, 0.29) is 5.78 Å². The summed E-state index contributed by atoms with van der Waals surface area (Å²) in [5.41, 5.74) is 0.134. The van der Waals surface area contributed by atoms with Crippen molar-refractivity contribution < 1.29 is 13.6 Å². The van der Waals surface area contributed by atoms with Crippen LogP contribution in [0.25, 0.3) is 0 Å². The first-order valence-electron chi connectivity index (χ1n) is 4.69. The first-order chi connectivity index (χ1) is 7.01. The summed E-state index contributed by atoms with van der Waals surface area (Å²) in [6.07, 6.45) is 3.54. The van der Waals surface area contributed by atoms with Crippen LogP contribution in [0.1, 0.15) is 18.9 Å². The zero-order valence-electron chi connectivity index (χ0n) is 8.26. The van der Waals surface area contributed by atoms with Crippen molar-refractivity contribution in [2.45, 2.75) is 18.8 Å². The Bertz CT molecular complexity index is 451. The predicted molar refractivity (Wildman–Crippen MR) is 52.5 cm³/mol. The summed E-state index contributed by atoms with van der Waals surface area (Å²) in [5.74, 6) is -1.72. The maximum atomic E-state index is 13.0. The van der Waals surface area contributed by atoms with Gasteiger partial charge in [-0.1, -0.05) is 19.1 Å². The number of ketones is 1. The largest absolute Gasteiger partial charge is 0.295 e.